The molecule has 2 nitrogen and oxygen atoms in total. The second-order valence-electron chi connectivity index (χ2n) is 4.53. The summed E-state index contributed by atoms with van der Waals surface area (Å²) in [5, 5.41) is 0.365. The third kappa shape index (κ3) is 2.80. The summed E-state index contributed by atoms with van der Waals surface area (Å²) in [6, 6.07) is 2.21. The average Bonchev–Trinajstić information content (AvgIpc) is 2.17. The molecule has 0 heterocycles. The van der Waals surface area contributed by atoms with Crippen LogP contribution in [0.3, 0.4) is 0 Å². The monoisotopic (exact) mass is 246 g/mol. The highest BCUT2D eigenvalue weighted by Crippen LogP contribution is 2.20. The van der Waals surface area contributed by atoms with Gasteiger partial charge in [-0.3, -0.25) is 0 Å². The molecule has 0 aromatic heterocycles. The average molecular weight is 246 g/mol. The molecule has 5 heteroatoms. The summed E-state index contributed by atoms with van der Waals surface area (Å²) in [6.45, 7) is 5.72. The first-order valence-corrected chi connectivity index (χ1v) is 8.48. The number of hydrogen-bond acceptors (Lipinski definition) is 2. The summed E-state index contributed by atoms with van der Waals surface area (Å²) in [7, 11) is -0.563. The standard InChI is InChI=1S/C11H16F2O2Si/c1-14-7-15-10-8(12)5-6-9(13)11(10)16(2,3)4/h5-6H,7H2,1-4H3. The van der Waals surface area contributed by atoms with E-state index in [1.807, 2.05) is 19.6 Å². The van der Waals surface area contributed by atoms with Gasteiger partial charge in [0.1, 0.15) is 5.82 Å². The molecule has 0 atom stereocenters. The highest BCUT2D eigenvalue weighted by molar-refractivity contribution is 6.89. The van der Waals surface area contributed by atoms with Crippen molar-refractivity contribution in [3.8, 4) is 5.75 Å². The van der Waals surface area contributed by atoms with Gasteiger partial charge in [-0.15, -0.1) is 0 Å². The smallest absolute Gasteiger partial charge is 0.188 e. The minimum atomic E-state index is -2.00. The van der Waals surface area contributed by atoms with Crippen LogP contribution in [0, 0.1) is 11.6 Å². The Balaban J connectivity index is 3.26. The maximum atomic E-state index is 13.7. The lowest BCUT2D eigenvalue weighted by Gasteiger charge is -2.21. The van der Waals surface area contributed by atoms with Gasteiger partial charge in [0.05, 0.1) is 8.07 Å². The summed E-state index contributed by atoms with van der Waals surface area (Å²) < 4.78 is 37.1. The summed E-state index contributed by atoms with van der Waals surface area (Å²) in [5.41, 5.74) is 0. The van der Waals surface area contributed by atoms with Crippen molar-refractivity contribution in [2.75, 3.05) is 13.9 Å². The van der Waals surface area contributed by atoms with E-state index in [0.717, 1.165) is 12.1 Å². The fraction of sp³-hybridized carbons (Fsp3) is 0.455. The normalized spacial score (nSPS) is 11.6. The minimum absolute atomic E-state index is 0.0129. The lowest BCUT2D eigenvalue weighted by atomic mass is 10.3. The zero-order valence-corrected chi connectivity index (χ0v) is 10.9. The minimum Gasteiger partial charge on any atom is -0.465 e. The lowest BCUT2D eigenvalue weighted by molar-refractivity contribution is 0.0488. The molecule has 0 N–H and O–H groups in total. The third-order valence-corrected chi connectivity index (χ3v) is 4.10. The van der Waals surface area contributed by atoms with Gasteiger partial charge in [0, 0.05) is 12.3 Å². The zero-order chi connectivity index (χ0) is 12.3. The van der Waals surface area contributed by atoms with E-state index in [2.05, 4.69) is 0 Å². The van der Waals surface area contributed by atoms with Crippen molar-refractivity contribution in [3.63, 3.8) is 0 Å². The summed E-state index contributed by atoms with van der Waals surface area (Å²) in [6.07, 6.45) is 0. The van der Waals surface area contributed by atoms with Crippen LogP contribution in [0.15, 0.2) is 12.1 Å². The molecule has 0 aliphatic heterocycles. The molecule has 0 bridgehead atoms. The first kappa shape index (κ1) is 13.1. The number of benzene rings is 1. The molecule has 0 amide bonds. The van der Waals surface area contributed by atoms with Gasteiger partial charge in [-0.25, -0.2) is 8.78 Å². The summed E-state index contributed by atoms with van der Waals surface area (Å²) in [4.78, 5) is 0. The fourth-order valence-electron chi connectivity index (χ4n) is 1.49. The molecule has 1 rings (SSSR count). The van der Waals surface area contributed by atoms with Crippen molar-refractivity contribution in [2.45, 2.75) is 19.6 Å². The number of halogens is 2. The van der Waals surface area contributed by atoms with E-state index in [1.54, 1.807) is 0 Å². The third-order valence-electron chi connectivity index (χ3n) is 2.13. The van der Waals surface area contributed by atoms with E-state index < -0.39 is 19.7 Å². The van der Waals surface area contributed by atoms with Gasteiger partial charge in [-0.2, -0.15) is 0 Å². The van der Waals surface area contributed by atoms with Gasteiger partial charge in [-0.05, 0) is 12.1 Å². The molecule has 1 aromatic carbocycles. The molecule has 0 radical (unpaired) electrons. The van der Waals surface area contributed by atoms with Crippen molar-refractivity contribution in [1.29, 1.82) is 0 Å². The van der Waals surface area contributed by atoms with Crippen molar-refractivity contribution < 1.29 is 18.3 Å². The number of rotatable bonds is 4. The maximum Gasteiger partial charge on any atom is 0.188 e. The van der Waals surface area contributed by atoms with E-state index in [-0.39, 0.29) is 12.5 Å². The SMILES string of the molecule is COCOc1c(F)ccc(F)c1[Si](C)(C)C. The molecule has 0 saturated heterocycles. The first-order valence-electron chi connectivity index (χ1n) is 4.98. The van der Waals surface area contributed by atoms with E-state index in [1.165, 1.54) is 7.11 Å². The van der Waals surface area contributed by atoms with Crippen molar-refractivity contribution in [1.82, 2.24) is 0 Å². The van der Waals surface area contributed by atoms with E-state index in [9.17, 15) is 8.78 Å². The van der Waals surface area contributed by atoms with Crippen LogP contribution in [-0.4, -0.2) is 22.0 Å². The molecule has 0 aliphatic rings. The molecule has 0 unspecified atom stereocenters. The Bertz CT molecular complexity index is 375. The molecular weight excluding hydrogens is 230 g/mol. The van der Waals surface area contributed by atoms with E-state index in [4.69, 9.17) is 9.47 Å². The Morgan fingerprint density at radius 3 is 2.19 bits per heavy atom. The van der Waals surface area contributed by atoms with Crippen molar-refractivity contribution in [2.24, 2.45) is 0 Å². The Hall–Kier alpha value is -0.943. The van der Waals surface area contributed by atoms with Gasteiger partial charge < -0.3 is 9.47 Å². The molecule has 0 fully saturated rings. The topological polar surface area (TPSA) is 18.5 Å². The largest absolute Gasteiger partial charge is 0.465 e. The first-order chi connectivity index (χ1) is 7.38. The second-order valence-corrected chi connectivity index (χ2v) is 9.53. The number of ether oxygens (including phenoxy) is 2. The quantitative estimate of drug-likeness (QED) is 0.600. The van der Waals surface area contributed by atoms with E-state index in [0.29, 0.717) is 5.19 Å². The summed E-state index contributed by atoms with van der Waals surface area (Å²) in [5.74, 6) is -0.969. The van der Waals surface area contributed by atoms with Crippen LogP contribution in [0.4, 0.5) is 8.78 Å². The number of methoxy groups -OCH3 is 1. The molecule has 0 aliphatic carbocycles. The Labute approximate surface area is 95.2 Å². The Morgan fingerprint density at radius 2 is 1.69 bits per heavy atom. The highest BCUT2D eigenvalue weighted by atomic mass is 28.3. The Kier molecular flexibility index (Phi) is 4.04. The van der Waals surface area contributed by atoms with E-state index >= 15 is 0 Å². The molecule has 0 saturated carbocycles. The van der Waals surface area contributed by atoms with Gasteiger partial charge in [0.2, 0.25) is 0 Å². The van der Waals surface area contributed by atoms with Gasteiger partial charge in [0.15, 0.2) is 18.4 Å². The van der Waals surface area contributed by atoms with Crippen LogP contribution < -0.4 is 9.92 Å². The predicted molar refractivity (Wildman–Crippen MR) is 61.8 cm³/mol. The lowest BCUT2D eigenvalue weighted by Crippen LogP contribution is -2.41. The van der Waals surface area contributed by atoms with Crippen LogP contribution in [0.1, 0.15) is 0 Å². The van der Waals surface area contributed by atoms with Crippen LogP contribution in [0.25, 0.3) is 0 Å². The van der Waals surface area contributed by atoms with Gasteiger partial charge in [0.25, 0.3) is 0 Å². The summed E-state index contributed by atoms with van der Waals surface area (Å²) >= 11 is 0. The fourth-order valence-corrected chi connectivity index (χ4v) is 3.16. The highest BCUT2D eigenvalue weighted by Gasteiger charge is 2.27. The van der Waals surface area contributed by atoms with Crippen LogP contribution >= 0.6 is 0 Å². The van der Waals surface area contributed by atoms with Crippen LogP contribution in [-0.2, 0) is 4.74 Å². The number of hydrogen-bond donors (Lipinski definition) is 0. The van der Waals surface area contributed by atoms with Crippen molar-refractivity contribution >= 4 is 13.3 Å². The molecule has 1 aromatic rings. The second kappa shape index (κ2) is 4.93. The molecule has 90 valence electrons. The van der Waals surface area contributed by atoms with Gasteiger partial charge >= 0.3 is 0 Å². The predicted octanol–water partition coefficient (Wildman–Crippen LogP) is 2.49. The van der Waals surface area contributed by atoms with Crippen molar-refractivity contribution in [3.05, 3.63) is 23.8 Å². The van der Waals surface area contributed by atoms with Gasteiger partial charge in [-0.1, -0.05) is 19.6 Å². The molecule has 0 spiro atoms. The van der Waals surface area contributed by atoms with Crippen LogP contribution in [0.5, 0.6) is 5.75 Å². The maximum absolute atomic E-state index is 13.7. The Morgan fingerprint density at radius 1 is 1.12 bits per heavy atom. The van der Waals surface area contributed by atoms with Crippen LogP contribution in [0.2, 0.25) is 19.6 Å². The zero-order valence-electron chi connectivity index (χ0n) is 9.93. The molecular formula is C11H16F2O2Si. The molecule has 16 heavy (non-hydrogen) atoms.